The molecule has 4 nitrogen and oxygen atoms in total. The summed E-state index contributed by atoms with van der Waals surface area (Å²) >= 11 is 4.99. The number of hydrogen-bond acceptors (Lipinski definition) is 4. The third-order valence-corrected chi connectivity index (χ3v) is 4.89. The predicted octanol–water partition coefficient (Wildman–Crippen LogP) is 5.15. The number of nitro benzene ring substituents is 1. The van der Waals surface area contributed by atoms with Gasteiger partial charge in [-0.25, -0.2) is 0 Å². The zero-order valence-electron chi connectivity index (χ0n) is 11.2. The fourth-order valence-electron chi connectivity index (χ4n) is 1.90. The lowest BCUT2D eigenvalue weighted by Gasteiger charge is -2.14. The SMILES string of the molecule is CCc1ccc(C(C)Nc2ccc(Br)cc2[N+](=O)[O-])s1. The van der Waals surface area contributed by atoms with E-state index in [2.05, 4.69) is 40.3 Å². The normalized spacial score (nSPS) is 12.2. The quantitative estimate of drug-likeness (QED) is 0.596. The molecule has 20 heavy (non-hydrogen) atoms. The van der Waals surface area contributed by atoms with Gasteiger partial charge in [-0.1, -0.05) is 22.9 Å². The summed E-state index contributed by atoms with van der Waals surface area (Å²) in [5.74, 6) is 0. The number of aryl methyl sites for hydroxylation is 1. The van der Waals surface area contributed by atoms with Gasteiger partial charge < -0.3 is 5.32 Å². The molecule has 0 bridgehead atoms. The van der Waals surface area contributed by atoms with E-state index in [4.69, 9.17) is 0 Å². The van der Waals surface area contributed by atoms with Crippen molar-refractivity contribution in [1.29, 1.82) is 0 Å². The lowest BCUT2D eigenvalue weighted by Crippen LogP contribution is -2.06. The van der Waals surface area contributed by atoms with Gasteiger partial charge in [0, 0.05) is 20.3 Å². The molecule has 0 aliphatic carbocycles. The van der Waals surface area contributed by atoms with E-state index in [-0.39, 0.29) is 16.7 Å². The maximum Gasteiger partial charge on any atom is 0.293 e. The highest BCUT2D eigenvalue weighted by atomic mass is 79.9. The number of rotatable bonds is 5. The fraction of sp³-hybridized carbons (Fsp3) is 0.286. The van der Waals surface area contributed by atoms with Crippen LogP contribution < -0.4 is 5.32 Å². The molecule has 0 radical (unpaired) electrons. The zero-order chi connectivity index (χ0) is 14.7. The van der Waals surface area contributed by atoms with E-state index in [1.807, 2.05) is 6.92 Å². The summed E-state index contributed by atoms with van der Waals surface area (Å²) in [7, 11) is 0. The average molecular weight is 355 g/mol. The molecule has 0 amide bonds. The van der Waals surface area contributed by atoms with E-state index in [0.29, 0.717) is 10.2 Å². The minimum Gasteiger partial charge on any atom is -0.372 e. The Morgan fingerprint density at radius 1 is 1.40 bits per heavy atom. The van der Waals surface area contributed by atoms with E-state index in [0.717, 1.165) is 6.42 Å². The van der Waals surface area contributed by atoms with Crippen LogP contribution in [0.1, 0.15) is 29.6 Å². The van der Waals surface area contributed by atoms with Crippen molar-refractivity contribution >= 4 is 38.6 Å². The van der Waals surface area contributed by atoms with Crippen molar-refractivity contribution in [3.63, 3.8) is 0 Å². The minimum atomic E-state index is -0.369. The number of thiophene rings is 1. The lowest BCUT2D eigenvalue weighted by atomic mass is 10.2. The van der Waals surface area contributed by atoms with Gasteiger partial charge in [0.25, 0.3) is 5.69 Å². The second-order valence-corrected chi connectivity index (χ2v) is 6.56. The summed E-state index contributed by atoms with van der Waals surface area (Å²) in [6.07, 6.45) is 1.01. The first-order valence-corrected chi connectivity index (χ1v) is 7.91. The van der Waals surface area contributed by atoms with Gasteiger partial charge in [-0.05, 0) is 37.6 Å². The second-order valence-electron chi connectivity index (χ2n) is 4.44. The maximum absolute atomic E-state index is 11.1. The number of halogens is 1. The molecule has 2 rings (SSSR count). The van der Waals surface area contributed by atoms with E-state index < -0.39 is 0 Å². The molecule has 1 atom stereocenters. The molecule has 0 fully saturated rings. The highest BCUT2D eigenvalue weighted by Gasteiger charge is 2.17. The topological polar surface area (TPSA) is 55.2 Å². The van der Waals surface area contributed by atoms with Gasteiger partial charge >= 0.3 is 0 Å². The van der Waals surface area contributed by atoms with Crippen LogP contribution in [0.3, 0.4) is 0 Å². The molecule has 2 aromatic rings. The smallest absolute Gasteiger partial charge is 0.293 e. The zero-order valence-corrected chi connectivity index (χ0v) is 13.6. The fourth-order valence-corrected chi connectivity index (χ4v) is 3.20. The van der Waals surface area contributed by atoms with Crippen molar-refractivity contribution in [1.82, 2.24) is 0 Å². The van der Waals surface area contributed by atoms with Crippen molar-refractivity contribution in [3.05, 3.63) is 54.7 Å². The van der Waals surface area contributed by atoms with Crippen molar-refractivity contribution in [3.8, 4) is 0 Å². The van der Waals surface area contributed by atoms with Crippen LogP contribution in [-0.2, 0) is 6.42 Å². The van der Waals surface area contributed by atoms with Gasteiger partial charge in [0.2, 0.25) is 0 Å². The Hall–Kier alpha value is -1.40. The lowest BCUT2D eigenvalue weighted by molar-refractivity contribution is -0.384. The van der Waals surface area contributed by atoms with Crippen LogP contribution in [-0.4, -0.2) is 4.92 Å². The largest absolute Gasteiger partial charge is 0.372 e. The van der Waals surface area contributed by atoms with Gasteiger partial charge in [-0.2, -0.15) is 0 Å². The maximum atomic E-state index is 11.1. The molecule has 0 saturated heterocycles. The molecule has 0 spiro atoms. The number of anilines is 1. The number of nitrogens with zero attached hydrogens (tertiary/aromatic N) is 1. The van der Waals surface area contributed by atoms with E-state index in [1.165, 1.54) is 15.8 Å². The van der Waals surface area contributed by atoms with Crippen LogP contribution in [0.4, 0.5) is 11.4 Å². The number of nitrogens with one attached hydrogen (secondary N) is 1. The Kier molecular flexibility index (Phi) is 4.77. The van der Waals surface area contributed by atoms with Crippen LogP contribution in [0.15, 0.2) is 34.8 Å². The number of nitro groups is 1. The number of hydrogen-bond donors (Lipinski definition) is 1. The molecule has 106 valence electrons. The summed E-state index contributed by atoms with van der Waals surface area (Å²) in [5, 5.41) is 14.3. The summed E-state index contributed by atoms with van der Waals surface area (Å²) < 4.78 is 0.701. The minimum absolute atomic E-state index is 0.0418. The molecule has 1 N–H and O–H groups in total. The van der Waals surface area contributed by atoms with Gasteiger partial charge in [-0.15, -0.1) is 11.3 Å². The second kappa shape index (κ2) is 6.37. The van der Waals surface area contributed by atoms with Gasteiger partial charge in [-0.3, -0.25) is 10.1 Å². The van der Waals surface area contributed by atoms with Gasteiger partial charge in [0.15, 0.2) is 0 Å². The first-order valence-electron chi connectivity index (χ1n) is 6.30. The van der Waals surface area contributed by atoms with Crippen molar-refractivity contribution < 1.29 is 4.92 Å². The van der Waals surface area contributed by atoms with Gasteiger partial charge in [0.1, 0.15) is 5.69 Å². The molecule has 0 aliphatic rings. The molecular formula is C14H15BrN2O2S. The molecule has 0 saturated carbocycles. The Morgan fingerprint density at radius 3 is 2.75 bits per heavy atom. The Labute approximate surface area is 130 Å². The molecule has 1 aromatic carbocycles. The van der Waals surface area contributed by atoms with Crippen molar-refractivity contribution in [2.24, 2.45) is 0 Å². The van der Waals surface area contributed by atoms with Crippen molar-refractivity contribution in [2.45, 2.75) is 26.3 Å². The van der Waals surface area contributed by atoms with E-state index in [9.17, 15) is 10.1 Å². The predicted molar refractivity (Wildman–Crippen MR) is 86.5 cm³/mol. The Morgan fingerprint density at radius 2 is 2.15 bits per heavy atom. The van der Waals surface area contributed by atoms with Crippen LogP contribution in [0, 0.1) is 10.1 Å². The van der Waals surface area contributed by atoms with E-state index >= 15 is 0 Å². The highest BCUT2D eigenvalue weighted by Crippen LogP contribution is 2.32. The average Bonchev–Trinajstić information content (AvgIpc) is 2.89. The van der Waals surface area contributed by atoms with Gasteiger partial charge in [0.05, 0.1) is 11.0 Å². The molecule has 0 aliphatic heterocycles. The van der Waals surface area contributed by atoms with Crippen LogP contribution >= 0.6 is 27.3 Å². The van der Waals surface area contributed by atoms with Crippen LogP contribution in [0.5, 0.6) is 0 Å². The molecule has 1 heterocycles. The highest BCUT2D eigenvalue weighted by molar-refractivity contribution is 9.10. The third kappa shape index (κ3) is 3.37. The summed E-state index contributed by atoms with van der Waals surface area (Å²) in [6.45, 7) is 4.13. The van der Waals surface area contributed by atoms with Crippen LogP contribution in [0.25, 0.3) is 0 Å². The standard InChI is InChI=1S/C14H15BrN2O2S/c1-3-11-5-7-14(20-11)9(2)16-12-6-4-10(15)8-13(12)17(18)19/h4-9,16H,3H2,1-2H3. The molecule has 6 heteroatoms. The molecule has 1 aromatic heterocycles. The Bertz CT molecular complexity index is 627. The van der Waals surface area contributed by atoms with E-state index in [1.54, 1.807) is 23.5 Å². The molecule has 1 unspecified atom stereocenters. The van der Waals surface area contributed by atoms with Crippen LogP contribution in [0.2, 0.25) is 0 Å². The molecular weight excluding hydrogens is 340 g/mol. The third-order valence-electron chi connectivity index (χ3n) is 2.99. The summed E-state index contributed by atoms with van der Waals surface area (Å²) in [5.41, 5.74) is 0.621. The first-order chi connectivity index (χ1) is 9.51. The summed E-state index contributed by atoms with van der Waals surface area (Å²) in [6, 6.07) is 9.27. The summed E-state index contributed by atoms with van der Waals surface area (Å²) in [4.78, 5) is 13.2. The monoisotopic (exact) mass is 354 g/mol. The first kappa shape index (κ1) is 15.0. The van der Waals surface area contributed by atoms with Crippen molar-refractivity contribution in [2.75, 3.05) is 5.32 Å². The Balaban J connectivity index is 2.23. The number of benzene rings is 1.